The summed E-state index contributed by atoms with van der Waals surface area (Å²) in [4.78, 5) is 0. The number of hydrogen-bond acceptors (Lipinski definition) is 3. The summed E-state index contributed by atoms with van der Waals surface area (Å²) in [7, 11) is -2.92. The van der Waals surface area contributed by atoms with Crippen molar-refractivity contribution in [3.05, 3.63) is 0 Å². The number of hydrogen-bond donors (Lipinski definition) is 1. The quantitative estimate of drug-likeness (QED) is 0.533. The summed E-state index contributed by atoms with van der Waals surface area (Å²) in [6.45, 7) is 21.6. The maximum absolute atomic E-state index is 6.40. The van der Waals surface area contributed by atoms with Crippen molar-refractivity contribution in [1.29, 1.82) is 0 Å². The molecule has 1 saturated heterocycles. The fourth-order valence-electron chi connectivity index (χ4n) is 3.97. The molecule has 0 amide bonds. The van der Waals surface area contributed by atoms with Crippen molar-refractivity contribution in [2.75, 3.05) is 6.61 Å². The van der Waals surface area contributed by atoms with Crippen molar-refractivity contribution >= 4 is 16.6 Å². The molecular weight excluding hydrogens is 306 g/mol. The topological polar surface area (TPSA) is 30.5 Å². The van der Waals surface area contributed by atoms with Crippen molar-refractivity contribution in [3.63, 3.8) is 0 Å². The third-order valence-corrected chi connectivity index (χ3v) is 10.2. The predicted octanol–water partition coefficient (Wildman–Crippen LogP) is 4.76. The van der Waals surface area contributed by atoms with Gasteiger partial charge in [-0.1, -0.05) is 0 Å². The molecule has 0 spiro atoms. The van der Waals surface area contributed by atoms with E-state index in [4.69, 9.17) is 8.85 Å². The average Bonchev–Trinajstić information content (AvgIpc) is 2.16. The van der Waals surface area contributed by atoms with Crippen LogP contribution in [0, 0.1) is 0 Å². The number of rotatable bonds is 7. The first-order chi connectivity index (χ1) is 9.70. The Labute approximate surface area is 140 Å². The van der Waals surface area contributed by atoms with Crippen LogP contribution in [0.4, 0.5) is 0 Å². The summed E-state index contributed by atoms with van der Waals surface area (Å²) < 4.78 is 12.6. The zero-order valence-corrected chi connectivity index (χ0v) is 18.4. The van der Waals surface area contributed by atoms with Crippen LogP contribution in [0.25, 0.3) is 0 Å². The standard InChI is InChI=1S/C17H39NO2Si2/c1-16(2)13-15(14-17(3,4)18-16)19-11-10-12-22(8,9)20-21(5,6)7/h15,18H,10-14H2,1-9H3. The third kappa shape index (κ3) is 8.25. The molecule has 5 heteroatoms. The first-order valence-corrected chi connectivity index (χ1v) is 15.3. The summed E-state index contributed by atoms with van der Waals surface area (Å²) in [6.07, 6.45) is 3.72. The lowest BCUT2D eigenvalue weighted by Gasteiger charge is -2.46. The normalized spacial score (nSPS) is 22.8. The summed E-state index contributed by atoms with van der Waals surface area (Å²) in [5.74, 6) is 0. The van der Waals surface area contributed by atoms with E-state index in [0.717, 1.165) is 25.9 Å². The van der Waals surface area contributed by atoms with Crippen molar-refractivity contribution in [2.24, 2.45) is 0 Å². The molecule has 3 nitrogen and oxygen atoms in total. The molecule has 1 fully saturated rings. The molecule has 0 unspecified atom stereocenters. The highest BCUT2D eigenvalue weighted by Gasteiger charge is 2.38. The van der Waals surface area contributed by atoms with Crippen molar-refractivity contribution < 1.29 is 8.85 Å². The average molecular weight is 346 g/mol. The molecule has 22 heavy (non-hydrogen) atoms. The molecule has 0 aromatic heterocycles. The maximum Gasteiger partial charge on any atom is 0.173 e. The molecule has 1 aliphatic rings. The number of ether oxygens (including phenoxy) is 1. The highest BCUT2D eigenvalue weighted by Crippen LogP contribution is 2.30. The van der Waals surface area contributed by atoms with E-state index in [9.17, 15) is 0 Å². The Hall–Kier alpha value is 0.314. The van der Waals surface area contributed by atoms with Gasteiger partial charge in [-0.2, -0.15) is 0 Å². The van der Waals surface area contributed by atoms with E-state index in [1.807, 2.05) is 0 Å². The van der Waals surface area contributed by atoms with Crippen LogP contribution < -0.4 is 5.32 Å². The van der Waals surface area contributed by atoms with Gasteiger partial charge in [-0.25, -0.2) is 0 Å². The zero-order chi connectivity index (χ0) is 17.2. The smallest absolute Gasteiger partial charge is 0.173 e. The Morgan fingerprint density at radius 2 is 1.45 bits per heavy atom. The second-order valence-corrected chi connectivity index (χ2v) is 18.9. The van der Waals surface area contributed by atoms with E-state index >= 15 is 0 Å². The summed E-state index contributed by atoms with van der Waals surface area (Å²) >= 11 is 0. The molecule has 0 saturated carbocycles. The van der Waals surface area contributed by atoms with E-state index in [1.165, 1.54) is 6.04 Å². The molecular formula is C17H39NO2Si2. The maximum atomic E-state index is 6.40. The van der Waals surface area contributed by atoms with Crippen molar-refractivity contribution in [3.8, 4) is 0 Å². The minimum Gasteiger partial charge on any atom is -0.456 e. The molecule has 0 atom stereocenters. The van der Waals surface area contributed by atoms with Crippen LogP contribution in [-0.2, 0) is 8.85 Å². The van der Waals surface area contributed by atoms with Gasteiger partial charge in [0.25, 0.3) is 0 Å². The van der Waals surface area contributed by atoms with Crippen LogP contribution in [0.15, 0.2) is 0 Å². The fourth-order valence-corrected chi connectivity index (χ4v) is 12.0. The van der Waals surface area contributed by atoms with Gasteiger partial charge in [0.15, 0.2) is 16.6 Å². The highest BCUT2D eigenvalue weighted by molar-refractivity contribution is 6.84. The van der Waals surface area contributed by atoms with Gasteiger partial charge in [0, 0.05) is 17.7 Å². The molecule has 0 radical (unpaired) electrons. The van der Waals surface area contributed by atoms with Crippen LogP contribution in [-0.4, -0.2) is 40.4 Å². The Kier molecular flexibility index (Phi) is 6.53. The first-order valence-electron chi connectivity index (χ1n) is 8.81. The Morgan fingerprint density at radius 1 is 0.955 bits per heavy atom. The van der Waals surface area contributed by atoms with Gasteiger partial charge in [0.05, 0.1) is 6.10 Å². The largest absolute Gasteiger partial charge is 0.456 e. The van der Waals surface area contributed by atoms with E-state index < -0.39 is 16.6 Å². The van der Waals surface area contributed by atoms with Gasteiger partial charge in [0.2, 0.25) is 0 Å². The van der Waals surface area contributed by atoms with Crippen molar-refractivity contribution in [1.82, 2.24) is 5.32 Å². The number of piperidine rings is 1. The van der Waals surface area contributed by atoms with Gasteiger partial charge < -0.3 is 14.2 Å². The minimum absolute atomic E-state index is 0.168. The Balaban J connectivity index is 2.35. The van der Waals surface area contributed by atoms with Gasteiger partial charge >= 0.3 is 0 Å². The van der Waals surface area contributed by atoms with Crippen LogP contribution >= 0.6 is 0 Å². The molecule has 132 valence electrons. The van der Waals surface area contributed by atoms with Gasteiger partial charge in [-0.05, 0) is 85.7 Å². The molecule has 1 heterocycles. The summed E-state index contributed by atoms with van der Waals surface area (Å²) in [5.41, 5.74) is 0.336. The van der Waals surface area contributed by atoms with Gasteiger partial charge in [0.1, 0.15) is 0 Å². The Morgan fingerprint density at radius 3 is 1.91 bits per heavy atom. The van der Waals surface area contributed by atoms with Crippen molar-refractivity contribution in [2.45, 2.75) is 103 Å². The zero-order valence-electron chi connectivity index (χ0n) is 16.4. The third-order valence-electron chi connectivity index (χ3n) is 4.01. The SMILES string of the molecule is CC1(C)CC(OCCC[Si](C)(C)O[Si](C)(C)C)CC(C)(C)N1. The van der Waals surface area contributed by atoms with Crippen LogP contribution in [0.3, 0.4) is 0 Å². The number of nitrogens with one attached hydrogen (secondary N) is 1. The second-order valence-electron chi connectivity index (χ2n) is 9.87. The summed E-state index contributed by atoms with van der Waals surface area (Å²) in [5, 5.41) is 3.71. The molecule has 0 bridgehead atoms. The van der Waals surface area contributed by atoms with Crippen LogP contribution in [0.1, 0.15) is 47.0 Å². The molecule has 1 rings (SSSR count). The highest BCUT2D eigenvalue weighted by atomic mass is 28.4. The van der Waals surface area contributed by atoms with Crippen LogP contribution in [0.2, 0.25) is 38.8 Å². The van der Waals surface area contributed by atoms with E-state index in [0.29, 0.717) is 6.10 Å². The monoisotopic (exact) mass is 345 g/mol. The molecule has 0 aromatic carbocycles. The molecule has 0 aromatic rings. The van der Waals surface area contributed by atoms with Gasteiger partial charge in [-0.15, -0.1) is 0 Å². The predicted molar refractivity (Wildman–Crippen MR) is 102 cm³/mol. The van der Waals surface area contributed by atoms with E-state index in [1.54, 1.807) is 0 Å². The second kappa shape index (κ2) is 7.05. The summed E-state index contributed by atoms with van der Waals surface area (Å²) in [6, 6.07) is 1.20. The minimum atomic E-state index is -1.51. The van der Waals surface area contributed by atoms with Crippen LogP contribution in [0.5, 0.6) is 0 Å². The lowest BCUT2D eigenvalue weighted by molar-refractivity contribution is -0.0214. The first kappa shape index (κ1) is 20.4. The molecule has 1 aliphatic heterocycles. The lowest BCUT2D eigenvalue weighted by Crippen LogP contribution is -2.59. The molecule has 0 aliphatic carbocycles. The Bertz CT molecular complexity index is 346. The van der Waals surface area contributed by atoms with Gasteiger partial charge in [-0.3, -0.25) is 0 Å². The lowest BCUT2D eigenvalue weighted by atomic mass is 9.81. The van der Waals surface area contributed by atoms with E-state index in [-0.39, 0.29) is 11.1 Å². The van der Waals surface area contributed by atoms with E-state index in [2.05, 4.69) is 65.7 Å². The molecule has 1 N–H and O–H groups in total. The fraction of sp³-hybridized carbons (Fsp3) is 1.00.